The van der Waals surface area contributed by atoms with Crippen LogP contribution in [0.15, 0.2) is 42.0 Å². The molecule has 0 atom stereocenters. The van der Waals surface area contributed by atoms with E-state index in [9.17, 15) is 4.79 Å². The van der Waals surface area contributed by atoms with Crippen molar-refractivity contribution in [2.24, 2.45) is 7.05 Å². The van der Waals surface area contributed by atoms with Gasteiger partial charge in [-0.05, 0) is 17.7 Å². The number of nitrogens with one attached hydrogen (secondary N) is 1. The van der Waals surface area contributed by atoms with Gasteiger partial charge in [-0.15, -0.1) is 5.10 Å². The number of carbonyl (C=O) groups excluding carboxylic acids is 1. The van der Waals surface area contributed by atoms with Crippen molar-refractivity contribution < 1.29 is 14.3 Å². The van der Waals surface area contributed by atoms with Crippen molar-refractivity contribution in [1.29, 1.82) is 0 Å². The van der Waals surface area contributed by atoms with Gasteiger partial charge in [-0.3, -0.25) is 9.48 Å². The number of aryl methyl sites for hydroxylation is 1. The molecule has 0 saturated heterocycles. The number of rotatable bonds is 6. The number of benzene rings is 1. The summed E-state index contributed by atoms with van der Waals surface area (Å²) in [7, 11) is 3.22. The van der Waals surface area contributed by atoms with E-state index >= 15 is 0 Å². The monoisotopic (exact) mass is 344 g/mol. The number of thiazole rings is 1. The normalized spacial score (nSPS) is 10.4. The van der Waals surface area contributed by atoms with E-state index in [0.717, 1.165) is 5.56 Å². The predicted molar refractivity (Wildman–Crippen MR) is 89.6 cm³/mol. The van der Waals surface area contributed by atoms with Gasteiger partial charge < -0.3 is 14.8 Å². The molecule has 3 rings (SSSR count). The zero-order valence-electron chi connectivity index (χ0n) is 13.2. The minimum Gasteiger partial charge on any atom is -0.479 e. The zero-order valence-corrected chi connectivity index (χ0v) is 14.0. The van der Waals surface area contributed by atoms with E-state index in [2.05, 4.69) is 15.4 Å². The molecule has 0 radical (unpaired) electrons. The molecule has 0 aliphatic rings. The molecule has 7 nitrogen and oxygen atoms in total. The van der Waals surface area contributed by atoms with E-state index in [4.69, 9.17) is 9.47 Å². The van der Waals surface area contributed by atoms with Gasteiger partial charge in [-0.2, -0.15) is 0 Å². The minimum atomic E-state index is -0.233. The SMILES string of the molecule is COc1nn(C)cc1C(=O)NCc1ccc(Oc2nccs2)cc1. The molecule has 2 aromatic heterocycles. The van der Waals surface area contributed by atoms with E-state index in [0.29, 0.717) is 28.9 Å². The quantitative estimate of drug-likeness (QED) is 0.744. The van der Waals surface area contributed by atoms with E-state index in [1.165, 1.54) is 18.4 Å². The number of aromatic nitrogens is 3. The first-order valence-corrected chi connectivity index (χ1v) is 8.06. The Morgan fingerprint density at radius 1 is 1.33 bits per heavy atom. The fraction of sp³-hybridized carbons (Fsp3) is 0.188. The molecule has 0 bridgehead atoms. The lowest BCUT2D eigenvalue weighted by atomic mass is 10.2. The van der Waals surface area contributed by atoms with Crippen LogP contribution in [-0.2, 0) is 13.6 Å². The molecule has 0 spiro atoms. The third-order valence-corrected chi connectivity index (χ3v) is 3.87. The Balaban J connectivity index is 1.59. The van der Waals surface area contributed by atoms with E-state index in [1.54, 1.807) is 24.1 Å². The van der Waals surface area contributed by atoms with Gasteiger partial charge in [-0.25, -0.2) is 4.98 Å². The van der Waals surface area contributed by atoms with Gasteiger partial charge in [0.25, 0.3) is 11.1 Å². The van der Waals surface area contributed by atoms with Crippen LogP contribution in [0.3, 0.4) is 0 Å². The third kappa shape index (κ3) is 3.72. The zero-order chi connectivity index (χ0) is 16.9. The lowest BCUT2D eigenvalue weighted by Crippen LogP contribution is -2.22. The molecule has 0 unspecified atom stereocenters. The first-order valence-electron chi connectivity index (χ1n) is 7.18. The first-order chi connectivity index (χ1) is 11.7. The van der Waals surface area contributed by atoms with Gasteiger partial charge in [0.15, 0.2) is 0 Å². The Hall–Kier alpha value is -2.87. The second-order valence-corrected chi connectivity index (χ2v) is 5.81. The van der Waals surface area contributed by atoms with Crippen LogP contribution in [0.2, 0.25) is 0 Å². The fourth-order valence-electron chi connectivity index (χ4n) is 2.09. The van der Waals surface area contributed by atoms with Crippen molar-refractivity contribution in [3.63, 3.8) is 0 Å². The van der Waals surface area contributed by atoms with Gasteiger partial charge in [0.2, 0.25) is 5.88 Å². The van der Waals surface area contributed by atoms with Crippen LogP contribution < -0.4 is 14.8 Å². The maximum absolute atomic E-state index is 12.2. The first kappa shape index (κ1) is 16.0. The van der Waals surface area contributed by atoms with Crippen LogP contribution in [0.4, 0.5) is 0 Å². The van der Waals surface area contributed by atoms with Crippen LogP contribution in [0.1, 0.15) is 15.9 Å². The van der Waals surface area contributed by atoms with Crippen molar-refractivity contribution in [2.45, 2.75) is 6.54 Å². The minimum absolute atomic E-state index is 0.233. The smallest absolute Gasteiger partial charge is 0.278 e. The van der Waals surface area contributed by atoms with Crippen LogP contribution in [0, 0.1) is 0 Å². The predicted octanol–water partition coefficient (Wildman–Crippen LogP) is 2.61. The molecule has 3 aromatic rings. The molecule has 0 aliphatic heterocycles. The fourth-order valence-corrected chi connectivity index (χ4v) is 2.59. The molecular formula is C16H16N4O3S. The summed E-state index contributed by atoms with van der Waals surface area (Å²) in [4.78, 5) is 16.3. The van der Waals surface area contributed by atoms with Crippen molar-refractivity contribution in [1.82, 2.24) is 20.1 Å². The summed E-state index contributed by atoms with van der Waals surface area (Å²) < 4.78 is 12.2. The molecular weight excluding hydrogens is 328 g/mol. The summed E-state index contributed by atoms with van der Waals surface area (Å²) in [6.45, 7) is 0.397. The molecule has 2 heterocycles. The summed E-state index contributed by atoms with van der Waals surface area (Å²) in [6, 6.07) is 7.47. The molecule has 24 heavy (non-hydrogen) atoms. The van der Waals surface area contributed by atoms with E-state index < -0.39 is 0 Å². The highest BCUT2D eigenvalue weighted by Gasteiger charge is 2.15. The number of hydrogen-bond acceptors (Lipinski definition) is 6. The lowest BCUT2D eigenvalue weighted by Gasteiger charge is -2.06. The number of hydrogen-bond donors (Lipinski definition) is 1. The van der Waals surface area contributed by atoms with Crippen molar-refractivity contribution >= 4 is 17.2 Å². The Labute approximate surface area is 142 Å². The maximum atomic E-state index is 12.2. The Bertz CT molecular complexity index is 812. The van der Waals surface area contributed by atoms with Crippen LogP contribution in [0.5, 0.6) is 16.8 Å². The number of amides is 1. The highest BCUT2D eigenvalue weighted by molar-refractivity contribution is 7.11. The van der Waals surface area contributed by atoms with Gasteiger partial charge in [0.05, 0.1) is 7.11 Å². The van der Waals surface area contributed by atoms with Crippen LogP contribution in [0.25, 0.3) is 0 Å². The summed E-state index contributed by atoms with van der Waals surface area (Å²) >= 11 is 1.43. The van der Waals surface area contributed by atoms with Crippen molar-refractivity contribution in [3.05, 3.63) is 53.2 Å². The number of nitrogens with zero attached hydrogens (tertiary/aromatic N) is 3. The molecule has 0 saturated carbocycles. The Kier molecular flexibility index (Phi) is 4.76. The molecule has 124 valence electrons. The average molecular weight is 344 g/mol. The summed E-state index contributed by atoms with van der Waals surface area (Å²) in [5.74, 6) is 0.777. The lowest BCUT2D eigenvalue weighted by molar-refractivity contribution is 0.0948. The largest absolute Gasteiger partial charge is 0.479 e. The molecule has 1 amide bonds. The molecule has 0 aliphatic carbocycles. The highest BCUT2D eigenvalue weighted by Crippen LogP contribution is 2.23. The van der Waals surface area contributed by atoms with Crippen LogP contribution >= 0.6 is 11.3 Å². The topological polar surface area (TPSA) is 78.3 Å². The van der Waals surface area contributed by atoms with E-state index in [-0.39, 0.29) is 5.91 Å². The molecule has 1 N–H and O–H groups in total. The van der Waals surface area contributed by atoms with Gasteiger partial charge in [0, 0.05) is 31.4 Å². The van der Waals surface area contributed by atoms with E-state index in [1.807, 2.05) is 29.6 Å². The summed E-state index contributed by atoms with van der Waals surface area (Å²) in [5, 5.41) is 9.36. The number of methoxy groups -OCH3 is 1. The molecule has 0 fully saturated rings. The van der Waals surface area contributed by atoms with Gasteiger partial charge in [0.1, 0.15) is 11.3 Å². The Morgan fingerprint density at radius 3 is 2.79 bits per heavy atom. The van der Waals surface area contributed by atoms with Crippen molar-refractivity contribution in [2.75, 3.05) is 7.11 Å². The molecule has 1 aromatic carbocycles. The summed E-state index contributed by atoms with van der Waals surface area (Å²) in [5.41, 5.74) is 1.36. The standard InChI is InChI=1S/C16H16N4O3S/c1-20-10-13(15(19-20)22-2)14(21)18-9-11-3-5-12(6-4-11)23-16-17-7-8-24-16/h3-8,10H,9H2,1-2H3,(H,18,21). The summed E-state index contributed by atoms with van der Waals surface area (Å²) in [6.07, 6.45) is 3.32. The highest BCUT2D eigenvalue weighted by atomic mass is 32.1. The second kappa shape index (κ2) is 7.14. The number of ether oxygens (including phenoxy) is 2. The van der Waals surface area contributed by atoms with Crippen molar-refractivity contribution in [3.8, 4) is 16.8 Å². The third-order valence-electron chi connectivity index (χ3n) is 3.22. The second-order valence-electron chi connectivity index (χ2n) is 4.95. The number of carbonyl (C=O) groups is 1. The molecule has 8 heteroatoms. The van der Waals surface area contributed by atoms with Crippen LogP contribution in [-0.4, -0.2) is 27.8 Å². The van der Waals surface area contributed by atoms with Gasteiger partial charge in [-0.1, -0.05) is 23.5 Å². The average Bonchev–Trinajstić information content (AvgIpc) is 3.23. The Morgan fingerprint density at radius 2 is 2.12 bits per heavy atom. The van der Waals surface area contributed by atoms with Gasteiger partial charge >= 0.3 is 0 Å². The maximum Gasteiger partial charge on any atom is 0.278 e.